The lowest BCUT2D eigenvalue weighted by Gasteiger charge is -2.22. The average molecular weight is 276 g/mol. The lowest BCUT2D eigenvalue weighted by atomic mass is 10.1. The van der Waals surface area contributed by atoms with E-state index in [0.29, 0.717) is 12.1 Å². The summed E-state index contributed by atoms with van der Waals surface area (Å²) in [5.74, 6) is -0.348. The van der Waals surface area contributed by atoms with E-state index in [-0.39, 0.29) is 18.6 Å². The van der Waals surface area contributed by atoms with Gasteiger partial charge in [-0.05, 0) is 38.3 Å². The molecule has 0 aromatic heterocycles. The highest BCUT2D eigenvalue weighted by Gasteiger charge is 2.28. The molecule has 1 heterocycles. The third-order valence-corrected chi connectivity index (χ3v) is 3.67. The average Bonchev–Trinajstić information content (AvgIpc) is 2.84. The van der Waals surface area contributed by atoms with Crippen LogP contribution in [-0.2, 0) is 4.74 Å². The molecule has 1 aromatic carbocycles. The van der Waals surface area contributed by atoms with Crippen molar-refractivity contribution in [3.8, 4) is 0 Å². The second-order valence-corrected chi connectivity index (χ2v) is 5.24. The van der Waals surface area contributed by atoms with Gasteiger partial charge in [0.05, 0.1) is 11.6 Å². The lowest BCUT2D eigenvalue weighted by molar-refractivity contribution is 0.0421. The fraction of sp³-hybridized carbons (Fsp3) is 0.467. The third-order valence-electron chi connectivity index (χ3n) is 3.67. The van der Waals surface area contributed by atoms with Crippen molar-refractivity contribution in [3.05, 3.63) is 34.9 Å². The molecule has 1 aliphatic heterocycles. The zero-order valence-corrected chi connectivity index (χ0v) is 11.9. The summed E-state index contributed by atoms with van der Waals surface area (Å²) in [5, 5.41) is 0. The van der Waals surface area contributed by atoms with Crippen molar-refractivity contribution < 1.29 is 14.3 Å². The monoisotopic (exact) mass is 276 g/mol. The Bertz CT molecular complexity index is 528. The van der Waals surface area contributed by atoms with Gasteiger partial charge in [-0.1, -0.05) is 17.7 Å². The number of carbonyl (C=O) groups excluding carboxylic acids is 2. The van der Waals surface area contributed by atoms with Crippen LogP contribution in [0.25, 0.3) is 0 Å². The van der Waals surface area contributed by atoms with E-state index in [0.717, 1.165) is 24.0 Å². The first-order chi connectivity index (χ1) is 9.49. The van der Waals surface area contributed by atoms with E-state index in [1.807, 2.05) is 26.0 Å². The molecule has 20 heavy (non-hydrogen) atoms. The molecule has 1 saturated heterocycles. The maximum atomic E-state index is 12.1. The van der Waals surface area contributed by atoms with Crippen LogP contribution >= 0.6 is 0 Å². The van der Waals surface area contributed by atoms with Gasteiger partial charge in [-0.15, -0.1) is 0 Å². The number of nitrogens with zero attached hydrogens (tertiary/aromatic N) is 1. The van der Waals surface area contributed by atoms with Crippen LogP contribution in [0.4, 0.5) is 4.79 Å². The van der Waals surface area contributed by atoms with Gasteiger partial charge in [0.25, 0.3) is 0 Å². The number of benzene rings is 1. The van der Waals surface area contributed by atoms with Gasteiger partial charge in [0, 0.05) is 6.54 Å². The summed E-state index contributed by atoms with van der Waals surface area (Å²) in [7, 11) is 0. The Kier molecular flexibility index (Phi) is 4.27. The van der Waals surface area contributed by atoms with Crippen LogP contribution in [0, 0.1) is 13.8 Å². The summed E-state index contributed by atoms with van der Waals surface area (Å²) in [6, 6.07) is 5.06. The highest BCUT2D eigenvalue weighted by molar-refractivity contribution is 5.91. The first kappa shape index (κ1) is 14.4. The Hall–Kier alpha value is -2.04. The lowest BCUT2D eigenvalue weighted by Crippen LogP contribution is -2.42. The summed E-state index contributed by atoms with van der Waals surface area (Å²) in [5.41, 5.74) is 7.86. The van der Waals surface area contributed by atoms with Gasteiger partial charge in [-0.2, -0.15) is 0 Å². The largest absolute Gasteiger partial charge is 0.460 e. The number of likely N-dealkylation sites (tertiary alicyclic amines) is 1. The number of aryl methyl sites for hydroxylation is 2. The minimum absolute atomic E-state index is 0.0952. The van der Waals surface area contributed by atoms with E-state index in [2.05, 4.69) is 0 Å². The molecule has 2 rings (SSSR count). The molecular weight excluding hydrogens is 256 g/mol. The van der Waals surface area contributed by atoms with Gasteiger partial charge in [0.2, 0.25) is 0 Å². The molecule has 1 fully saturated rings. The molecule has 1 atom stereocenters. The van der Waals surface area contributed by atoms with Crippen LogP contribution in [0.2, 0.25) is 0 Å². The molecule has 1 aliphatic rings. The standard InChI is InChI=1S/C15H20N2O3/c1-10-5-6-13(11(2)8-10)14(18)20-9-12-4-3-7-17(12)15(16)19/h5-6,8,12H,3-4,7,9H2,1-2H3,(H2,16,19)/t12-/m0/s1. The first-order valence-electron chi connectivity index (χ1n) is 6.79. The number of ether oxygens (including phenoxy) is 1. The normalized spacial score (nSPS) is 18.1. The van der Waals surface area contributed by atoms with Crippen molar-refractivity contribution in [3.63, 3.8) is 0 Å². The third kappa shape index (κ3) is 3.10. The van der Waals surface area contributed by atoms with Gasteiger partial charge in [0.15, 0.2) is 0 Å². The number of rotatable bonds is 3. The Morgan fingerprint density at radius 2 is 2.15 bits per heavy atom. The predicted molar refractivity (Wildman–Crippen MR) is 75.5 cm³/mol. The predicted octanol–water partition coefficient (Wildman–Crippen LogP) is 2.00. The molecule has 2 amide bonds. The number of primary amides is 1. The number of urea groups is 1. The Morgan fingerprint density at radius 3 is 2.80 bits per heavy atom. The van der Waals surface area contributed by atoms with Crippen LogP contribution in [0.1, 0.15) is 34.3 Å². The van der Waals surface area contributed by atoms with E-state index in [1.165, 1.54) is 0 Å². The van der Waals surface area contributed by atoms with E-state index in [1.54, 1.807) is 11.0 Å². The molecule has 0 saturated carbocycles. The zero-order chi connectivity index (χ0) is 14.7. The van der Waals surface area contributed by atoms with E-state index >= 15 is 0 Å². The summed E-state index contributed by atoms with van der Waals surface area (Å²) in [6.45, 7) is 4.70. The Balaban J connectivity index is 1.97. The van der Waals surface area contributed by atoms with Crippen LogP contribution in [0.3, 0.4) is 0 Å². The molecule has 5 heteroatoms. The zero-order valence-electron chi connectivity index (χ0n) is 11.9. The minimum atomic E-state index is -0.449. The second-order valence-electron chi connectivity index (χ2n) is 5.24. The molecular formula is C15H20N2O3. The topological polar surface area (TPSA) is 72.6 Å². The first-order valence-corrected chi connectivity index (χ1v) is 6.79. The Labute approximate surface area is 118 Å². The van der Waals surface area contributed by atoms with Crippen molar-refractivity contribution in [1.82, 2.24) is 4.90 Å². The van der Waals surface area contributed by atoms with Crippen molar-refractivity contribution in [2.45, 2.75) is 32.7 Å². The summed E-state index contributed by atoms with van der Waals surface area (Å²) in [4.78, 5) is 24.8. The molecule has 0 aliphatic carbocycles. The molecule has 0 spiro atoms. The number of amides is 2. The van der Waals surface area contributed by atoms with E-state index < -0.39 is 6.03 Å². The Morgan fingerprint density at radius 1 is 1.40 bits per heavy atom. The number of carbonyl (C=O) groups is 2. The van der Waals surface area contributed by atoms with Crippen LogP contribution < -0.4 is 5.73 Å². The molecule has 0 bridgehead atoms. The van der Waals surface area contributed by atoms with E-state index in [4.69, 9.17) is 10.5 Å². The van der Waals surface area contributed by atoms with Crippen molar-refractivity contribution in [2.75, 3.05) is 13.2 Å². The molecule has 108 valence electrons. The second kappa shape index (κ2) is 5.94. The SMILES string of the molecule is Cc1ccc(C(=O)OC[C@@H]2CCCN2C(N)=O)c(C)c1. The van der Waals surface area contributed by atoms with Gasteiger partial charge < -0.3 is 15.4 Å². The number of nitrogens with two attached hydrogens (primary N) is 1. The fourth-order valence-corrected chi connectivity index (χ4v) is 2.59. The van der Waals surface area contributed by atoms with Crippen LogP contribution in [0.5, 0.6) is 0 Å². The number of hydrogen-bond donors (Lipinski definition) is 1. The van der Waals surface area contributed by atoms with Gasteiger partial charge in [0.1, 0.15) is 6.61 Å². The smallest absolute Gasteiger partial charge is 0.338 e. The van der Waals surface area contributed by atoms with Crippen LogP contribution in [-0.4, -0.2) is 36.1 Å². The van der Waals surface area contributed by atoms with E-state index in [9.17, 15) is 9.59 Å². The molecule has 5 nitrogen and oxygen atoms in total. The summed E-state index contributed by atoms with van der Waals surface area (Å²) in [6.07, 6.45) is 1.72. The number of hydrogen-bond acceptors (Lipinski definition) is 3. The van der Waals surface area contributed by atoms with Crippen molar-refractivity contribution in [2.24, 2.45) is 5.73 Å². The minimum Gasteiger partial charge on any atom is -0.460 e. The maximum Gasteiger partial charge on any atom is 0.338 e. The van der Waals surface area contributed by atoms with Gasteiger partial charge in [-0.25, -0.2) is 9.59 Å². The van der Waals surface area contributed by atoms with Gasteiger partial charge >= 0.3 is 12.0 Å². The number of esters is 1. The molecule has 0 unspecified atom stereocenters. The summed E-state index contributed by atoms with van der Waals surface area (Å²) >= 11 is 0. The summed E-state index contributed by atoms with van der Waals surface area (Å²) < 4.78 is 5.32. The quantitative estimate of drug-likeness (QED) is 0.858. The highest BCUT2D eigenvalue weighted by atomic mass is 16.5. The van der Waals surface area contributed by atoms with Crippen LogP contribution in [0.15, 0.2) is 18.2 Å². The highest BCUT2D eigenvalue weighted by Crippen LogP contribution is 2.18. The molecule has 0 radical (unpaired) electrons. The molecule has 1 aromatic rings. The maximum absolute atomic E-state index is 12.1. The van der Waals surface area contributed by atoms with Crippen molar-refractivity contribution >= 4 is 12.0 Å². The van der Waals surface area contributed by atoms with Gasteiger partial charge in [-0.3, -0.25) is 0 Å². The van der Waals surface area contributed by atoms with Crippen molar-refractivity contribution in [1.29, 1.82) is 0 Å². The fourth-order valence-electron chi connectivity index (χ4n) is 2.59. The molecule has 2 N–H and O–H groups in total.